The highest BCUT2D eigenvalue weighted by Crippen LogP contribution is 2.18. The molecule has 1 unspecified atom stereocenters. The lowest BCUT2D eigenvalue weighted by Gasteiger charge is -2.13. The lowest BCUT2D eigenvalue weighted by atomic mass is 10.2. The van der Waals surface area contributed by atoms with E-state index in [0.29, 0.717) is 23.6 Å². The van der Waals surface area contributed by atoms with Gasteiger partial charge in [-0.25, -0.2) is 0 Å². The SMILES string of the molecule is Cc1nn(C)c(NC(C)CN)c1C(N)=O. The Morgan fingerprint density at radius 1 is 1.67 bits per heavy atom. The molecule has 0 spiro atoms. The van der Waals surface area contributed by atoms with E-state index < -0.39 is 5.91 Å². The van der Waals surface area contributed by atoms with E-state index in [9.17, 15) is 4.79 Å². The molecular formula is C9H17N5O. The number of carbonyl (C=O) groups is 1. The topological polar surface area (TPSA) is 99.0 Å². The van der Waals surface area contributed by atoms with Gasteiger partial charge in [0.15, 0.2) is 0 Å². The van der Waals surface area contributed by atoms with Gasteiger partial charge in [0.2, 0.25) is 0 Å². The largest absolute Gasteiger partial charge is 0.366 e. The Morgan fingerprint density at radius 2 is 2.27 bits per heavy atom. The van der Waals surface area contributed by atoms with E-state index in [1.165, 1.54) is 0 Å². The first-order chi connectivity index (χ1) is 6.97. The van der Waals surface area contributed by atoms with Gasteiger partial charge >= 0.3 is 0 Å². The summed E-state index contributed by atoms with van der Waals surface area (Å²) >= 11 is 0. The second kappa shape index (κ2) is 4.31. The van der Waals surface area contributed by atoms with Crippen molar-refractivity contribution < 1.29 is 4.79 Å². The lowest BCUT2D eigenvalue weighted by molar-refractivity contribution is 0.100. The molecule has 1 aromatic rings. The maximum absolute atomic E-state index is 11.2. The fourth-order valence-electron chi connectivity index (χ4n) is 1.41. The molecule has 0 radical (unpaired) electrons. The molecule has 0 saturated carbocycles. The van der Waals surface area contributed by atoms with E-state index in [1.807, 2.05) is 6.92 Å². The van der Waals surface area contributed by atoms with Gasteiger partial charge in [-0.05, 0) is 13.8 Å². The molecule has 15 heavy (non-hydrogen) atoms. The van der Waals surface area contributed by atoms with Crippen molar-refractivity contribution in [2.24, 2.45) is 18.5 Å². The minimum Gasteiger partial charge on any atom is -0.366 e. The predicted octanol–water partition coefficient (Wildman–Crippen LogP) is -0.413. The number of hydrogen-bond donors (Lipinski definition) is 3. The van der Waals surface area contributed by atoms with Gasteiger partial charge in [-0.3, -0.25) is 9.48 Å². The number of nitrogens with zero attached hydrogens (tertiary/aromatic N) is 2. The Labute approximate surface area is 88.6 Å². The van der Waals surface area contributed by atoms with E-state index >= 15 is 0 Å². The summed E-state index contributed by atoms with van der Waals surface area (Å²) in [5, 5.41) is 7.24. The summed E-state index contributed by atoms with van der Waals surface area (Å²) in [7, 11) is 1.75. The molecule has 1 rings (SSSR count). The monoisotopic (exact) mass is 211 g/mol. The van der Waals surface area contributed by atoms with Gasteiger partial charge in [0, 0.05) is 19.6 Å². The Kier molecular flexibility index (Phi) is 3.31. The highest BCUT2D eigenvalue weighted by Gasteiger charge is 2.18. The standard InChI is InChI=1S/C9H17N5O/c1-5(4-10)12-9-7(8(11)15)6(2)13-14(9)3/h5,12H,4,10H2,1-3H3,(H2,11,15). The van der Waals surface area contributed by atoms with Crippen LogP contribution in [0.25, 0.3) is 0 Å². The van der Waals surface area contributed by atoms with Crippen molar-refractivity contribution >= 4 is 11.7 Å². The number of aryl methyl sites for hydroxylation is 2. The Hall–Kier alpha value is -1.56. The van der Waals surface area contributed by atoms with Gasteiger partial charge in [0.1, 0.15) is 11.4 Å². The molecule has 0 aliphatic carbocycles. The molecule has 0 bridgehead atoms. The fraction of sp³-hybridized carbons (Fsp3) is 0.556. The zero-order chi connectivity index (χ0) is 11.6. The van der Waals surface area contributed by atoms with Crippen molar-refractivity contribution in [1.82, 2.24) is 9.78 Å². The number of nitrogens with one attached hydrogen (secondary N) is 1. The Balaban J connectivity index is 3.09. The van der Waals surface area contributed by atoms with Crippen LogP contribution < -0.4 is 16.8 Å². The first kappa shape index (κ1) is 11.5. The number of primary amides is 1. The van der Waals surface area contributed by atoms with E-state index in [4.69, 9.17) is 11.5 Å². The third-order valence-corrected chi connectivity index (χ3v) is 2.21. The summed E-state index contributed by atoms with van der Waals surface area (Å²) < 4.78 is 1.60. The number of nitrogens with two attached hydrogens (primary N) is 2. The maximum atomic E-state index is 11.2. The minimum atomic E-state index is -0.479. The Bertz CT molecular complexity index is 371. The molecule has 0 fully saturated rings. The van der Waals surface area contributed by atoms with Crippen molar-refractivity contribution in [3.63, 3.8) is 0 Å². The third kappa shape index (κ3) is 2.27. The number of hydrogen-bond acceptors (Lipinski definition) is 4. The van der Waals surface area contributed by atoms with Crippen LogP contribution in [0.5, 0.6) is 0 Å². The third-order valence-electron chi connectivity index (χ3n) is 2.21. The van der Waals surface area contributed by atoms with Crippen LogP contribution >= 0.6 is 0 Å². The van der Waals surface area contributed by atoms with Gasteiger partial charge in [-0.15, -0.1) is 0 Å². The van der Waals surface area contributed by atoms with Gasteiger partial charge in [0.05, 0.1) is 5.69 Å². The quantitative estimate of drug-likeness (QED) is 0.630. The molecule has 84 valence electrons. The van der Waals surface area contributed by atoms with Crippen LogP contribution in [0.4, 0.5) is 5.82 Å². The van der Waals surface area contributed by atoms with Crippen LogP contribution in [-0.4, -0.2) is 28.3 Å². The van der Waals surface area contributed by atoms with E-state index in [2.05, 4.69) is 10.4 Å². The number of aromatic nitrogens is 2. The van der Waals surface area contributed by atoms with Crippen LogP contribution in [0, 0.1) is 6.92 Å². The molecule has 6 nitrogen and oxygen atoms in total. The summed E-state index contributed by atoms with van der Waals surface area (Å²) in [6.07, 6.45) is 0. The summed E-state index contributed by atoms with van der Waals surface area (Å²) in [6.45, 7) is 4.15. The van der Waals surface area contributed by atoms with Crippen molar-refractivity contribution in [2.75, 3.05) is 11.9 Å². The van der Waals surface area contributed by atoms with Crippen LogP contribution in [0.1, 0.15) is 23.0 Å². The number of carbonyl (C=O) groups excluding carboxylic acids is 1. The summed E-state index contributed by atoms with van der Waals surface area (Å²) in [5.74, 6) is 0.144. The van der Waals surface area contributed by atoms with E-state index in [1.54, 1.807) is 18.7 Å². The summed E-state index contributed by atoms with van der Waals surface area (Å²) in [5.41, 5.74) is 11.8. The minimum absolute atomic E-state index is 0.0675. The zero-order valence-electron chi connectivity index (χ0n) is 9.24. The molecule has 0 aliphatic heterocycles. The van der Waals surface area contributed by atoms with Crippen molar-refractivity contribution in [1.29, 1.82) is 0 Å². The second-order valence-electron chi connectivity index (χ2n) is 3.58. The second-order valence-corrected chi connectivity index (χ2v) is 3.58. The van der Waals surface area contributed by atoms with Crippen molar-refractivity contribution in [3.8, 4) is 0 Å². The van der Waals surface area contributed by atoms with Gasteiger partial charge < -0.3 is 16.8 Å². The van der Waals surface area contributed by atoms with E-state index in [0.717, 1.165) is 0 Å². The number of amides is 1. The molecule has 6 heteroatoms. The van der Waals surface area contributed by atoms with Gasteiger partial charge in [-0.2, -0.15) is 5.10 Å². The Morgan fingerprint density at radius 3 is 2.73 bits per heavy atom. The first-order valence-corrected chi connectivity index (χ1v) is 4.77. The first-order valence-electron chi connectivity index (χ1n) is 4.77. The highest BCUT2D eigenvalue weighted by molar-refractivity contribution is 5.98. The normalized spacial score (nSPS) is 12.5. The highest BCUT2D eigenvalue weighted by atomic mass is 16.1. The molecule has 1 heterocycles. The average molecular weight is 211 g/mol. The van der Waals surface area contributed by atoms with Gasteiger partial charge in [0.25, 0.3) is 5.91 Å². The van der Waals surface area contributed by atoms with Gasteiger partial charge in [-0.1, -0.05) is 0 Å². The van der Waals surface area contributed by atoms with E-state index in [-0.39, 0.29) is 6.04 Å². The van der Waals surface area contributed by atoms with Crippen LogP contribution in [0.3, 0.4) is 0 Å². The summed E-state index contributed by atoms with van der Waals surface area (Å²) in [4.78, 5) is 11.2. The average Bonchev–Trinajstić information content (AvgIpc) is 2.41. The lowest BCUT2D eigenvalue weighted by Crippen LogP contribution is -2.27. The van der Waals surface area contributed by atoms with Crippen LogP contribution in [0.15, 0.2) is 0 Å². The molecule has 1 atom stereocenters. The van der Waals surface area contributed by atoms with Crippen molar-refractivity contribution in [3.05, 3.63) is 11.3 Å². The molecule has 0 saturated heterocycles. The predicted molar refractivity (Wildman–Crippen MR) is 58.6 cm³/mol. The smallest absolute Gasteiger partial charge is 0.254 e. The van der Waals surface area contributed by atoms with Crippen LogP contribution in [0.2, 0.25) is 0 Å². The van der Waals surface area contributed by atoms with Crippen molar-refractivity contribution in [2.45, 2.75) is 19.9 Å². The molecule has 1 amide bonds. The molecule has 1 aromatic heterocycles. The zero-order valence-corrected chi connectivity index (χ0v) is 9.24. The number of anilines is 1. The van der Waals surface area contributed by atoms with Crippen LogP contribution in [-0.2, 0) is 7.05 Å². The molecule has 0 aromatic carbocycles. The fourth-order valence-corrected chi connectivity index (χ4v) is 1.41. The molecule has 0 aliphatic rings. The summed E-state index contributed by atoms with van der Waals surface area (Å²) in [6, 6.07) is 0.0675. The molecule has 5 N–H and O–H groups in total. The maximum Gasteiger partial charge on any atom is 0.254 e. The number of rotatable bonds is 4. The molecular weight excluding hydrogens is 194 g/mol.